The van der Waals surface area contributed by atoms with Crippen LogP contribution < -0.4 is 4.74 Å². The standard InChI is InChI=1S/C21H36O3Si/c1-20(2,3)25(7,8)24-15-9-14-21(4,5)17-23-16-18-10-12-19(22-6)13-11-18/h9-14H,15-17H2,1-8H3/b14-9+. The van der Waals surface area contributed by atoms with Gasteiger partial charge in [0.25, 0.3) is 0 Å². The Morgan fingerprint density at radius 3 is 2.12 bits per heavy atom. The van der Waals surface area contributed by atoms with Crippen LogP contribution in [0.2, 0.25) is 18.1 Å². The SMILES string of the molecule is COc1ccc(COCC(C)(C)/C=C/CO[Si](C)(C)C(C)(C)C)cc1. The van der Waals surface area contributed by atoms with E-state index < -0.39 is 8.32 Å². The first kappa shape index (κ1) is 21.9. The van der Waals surface area contributed by atoms with Gasteiger partial charge >= 0.3 is 0 Å². The molecule has 0 unspecified atom stereocenters. The van der Waals surface area contributed by atoms with Crippen LogP contribution in [-0.2, 0) is 15.8 Å². The van der Waals surface area contributed by atoms with Crippen LogP contribution in [0.1, 0.15) is 40.2 Å². The highest BCUT2D eigenvalue weighted by atomic mass is 28.4. The lowest BCUT2D eigenvalue weighted by atomic mass is 9.94. The number of hydrogen-bond acceptors (Lipinski definition) is 3. The number of rotatable bonds is 9. The first-order chi connectivity index (χ1) is 11.5. The summed E-state index contributed by atoms with van der Waals surface area (Å²) < 4.78 is 17.2. The normalized spacial score (nSPS) is 13.4. The molecule has 1 rings (SSSR count). The van der Waals surface area contributed by atoms with Gasteiger partial charge in [-0.1, -0.05) is 58.9 Å². The minimum absolute atomic E-state index is 0.0107. The van der Waals surface area contributed by atoms with E-state index in [1.165, 1.54) is 0 Å². The topological polar surface area (TPSA) is 27.7 Å². The van der Waals surface area contributed by atoms with Gasteiger partial charge in [0.2, 0.25) is 0 Å². The molecular formula is C21H36O3Si. The molecule has 25 heavy (non-hydrogen) atoms. The Morgan fingerprint density at radius 2 is 1.60 bits per heavy atom. The summed E-state index contributed by atoms with van der Waals surface area (Å²) in [4.78, 5) is 0. The molecule has 0 fully saturated rings. The molecule has 0 amide bonds. The second-order valence-electron chi connectivity index (χ2n) is 8.80. The van der Waals surface area contributed by atoms with Crippen molar-refractivity contribution in [3.05, 3.63) is 42.0 Å². The molecule has 0 aliphatic heterocycles. The second kappa shape index (κ2) is 9.02. The van der Waals surface area contributed by atoms with Gasteiger partial charge in [-0.05, 0) is 35.8 Å². The van der Waals surface area contributed by atoms with Gasteiger partial charge in [-0.3, -0.25) is 0 Å². The zero-order valence-electron chi connectivity index (χ0n) is 17.3. The molecule has 1 aromatic rings. The lowest BCUT2D eigenvalue weighted by Gasteiger charge is -2.35. The second-order valence-corrected chi connectivity index (χ2v) is 13.6. The smallest absolute Gasteiger partial charge is 0.192 e. The molecule has 0 radical (unpaired) electrons. The largest absolute Gasteiger partial charge is 0.497 e. The number of hydrogen-bond donors (Lipinski definition) is 0. The van der Waals surface area contributed by atoms with Crippen LogP contribution >= 0.6 is 0 Å². The highest BCUT2D eigenvalue weighted by Crippen LogP contribution is 2.36. The highest BCUT2D eigenvalue weighted by Gasteiger charge is 2.36. The molecule has 0 bridgehead atoms. The van der Waals surface area contributed by atoms with Gasteiger partial charge in [-0.25, -0.2) is 0 Å². The molecule has 1 aromatic carbocycles. The summed E-state index contributed by atoms with van der Waals surface area (Å²) in [7, 11) is 0.00441. The molecule has 0 aliphatic carbocycles. The molecule has 0 aliphatic rings. The fourth-order valence-corrected chi connectivity index (χ4v) is 2.99. The highest BCUT2D eigenvalue weighted by molar-refractivity contribution is 6.74. The van der Waals surface area contributed by atoms with Crippen LogP contribution in [0.3, 0.4) is 0 Å². The van der Waals surface area contributed by atoms with E-state index in [-0.39, 0.29) is 10.5 Å². The molecule has 0 heterocycles. The van der Waals surface area contributed by atoms with Crippen molar-refractivity contribution in [3.63, 3.8) is 0 Å². The van der Waals surface area contributed by atoms with Gasteiger partial charge in [-0.15, -0.1) is 0 Å². The first-order valence-corrected chi connectivity index (χ1v) is 11.9. The molecule has 0 saturated heterocycles. The molecule has 4 heteroatoms. The van der Waals surface area contributed by atoms with Crippen molar-refractivity contribution in [1.82, 2.24) is 0 Å². The van der Waals surface area contributed by atoms with Crippen molar-refractivity contribution < 1.29 is 13.9 Å². The van der Waals surface area contributed by atoms with E-state index in [0.29, 0.717) is 19.8 Å². The van der Waals surface area contributed by atoms with Crippen molar-refractivity contribution in [2.45, 2.75) is 59.4 Å². The quantitative estimate of drug-likeness (QED) is 0.408. The van der Waals surface area contributed by atoms with E-state index in [4.69, 9.17) is 13.9 Å². The maximum absolute atomic E-state index is 6.18. The Labute approximate surface area is 155 Å². The lowest BCUT2D eigenvalue weighted by molar-refractivity contribution is 0.0714. The summed E-state index contributed by atoms with van der Waals surface area (Å²) in [6.45, 7) is 17.7. The summed E-state index contributed by atoms with van der Waals surface area (Å²) >= 11 is 0. The Morgan fingerprint density at radius 1 is 1.00 bits per heavy atom. The number of ether oxygens (including phenoxy) is 2. The average Bonchev–Trinajstić information content (AvgIpc) is 2.51. The Kier molecular flexibility index (Phi) is 7.91. The van der Waals surface area contributed by atoms with Crippen molar-refractivity contribution in [2.24, 2.45) is 5.41 Å². The van der Waals surface area contributed by atoms with Gasteiger partial charge in [-0.2, -0.15) is 0 Å². The third-order valence-electron chi connectivity index (χ3n) is 4.82. The van der Waals surface area contributed by atoms with Crippen molar-refractivity contribution in [2.75, 3.05) is 20.3 Å². The maximum atomic E-state index is 6.18. The molecule has 0 saturated carbocycles. The predicted molar refractivity (Wildman–Crippen MR) is 109 cm³/mol. The molecule has 3 nitrogen and oxygen atoms in total. The molecule has 0 spiro atoms. The molecule has 142 valence electrons. The molecular weight excluding hydrogens is 328 g/mol. The summed E-state index contributed by atoms with van der Waals surface area (Å²) in [5.74, 6) is 0.869. The van der Waals surface area contributed by atoms with Gasteiger partial charge < -0.3 is 13.9 Å². The van der Waals surface area contributed by atoms with Gasteiger partial charge in [0.1, 0.15) is 5.75 Å². The summed E-state index contributed by atoms with van der Waals surface area (Å²) in [5, 5.41) is 0.248. The Balaban J connectivity index is 2.39. The Hall–Kier alpha value is -1.10. The van der Waals surface area contributed by atoms with E-state index in [2.05, 4.69) is 59.9 Å². The first-order valence-electron chi connectivity index (χ1n) is 8.99. The third kappa shape index (κ3) is 7.76. The Bertz CT molecular complexity index is 539. The van der Waals surface area contributed by atoms with Crippen molar-refractivity contribution in [3.8, 4) is 5.75 Å². The fourth-order valence-electron chi connectivity index (χ4n) is 2.04. The van der Waals surface area contributed by atoms with Crippen molar-refractivity contribution >= 4 is 8.32 Å². The third-order valence-corrected chi connectivity index (χ3v) is 9.32. The average molecular weight is 365 g/mol. The summed E-state index contributed by atoms with van der Waals surface area (Å²) in [6, 6.07) is 7.99. The fraction of sp³-hybridized carbons (Fsp3) is 0.619. The minimum atomic E-state index is -1.67. The van der Waals surface area contributed by atoms with Gasteiger partial charge in [0, 0.05) is 5.41 Å². The molecule has 0 N–H and O–H groups in total. The van der Waals surface area contributed by atoms with Crippen molar-refractivity contribution in [1.29, 1.82) is 0 Å². The molecule has 0 aromatic heterocycles. The van der Waals surface area contributed by atoms with E-state index in [0.717, 1.165) is 11.3 Å². The van der Waals surface area contributed by atoms with E-state index >= 15 is 0 Å². The van der Waals surface area contributed by atoms with Crippen LogP contribution in [0.5, 0.6) is 5.75 Å². The number of methoxy groups -OCH3 is 1. The zero-order valence-corrected chi connectivity index (χ0v) is 18.3. The summed E-state index contributed by atoms with van der Waals surface area (Å²) in [6.07, 6.45) is 4.34. The predicted octanol–water partition coefficient (Wildman–Crippen LogP) is 5.82. The van der Waals surface area contributed by atoms with Crippen LogP contribution in [0.4, 0.5) is 0 Å². The van der Waals surface area contributed by atoms with Crippen LogP contribution in [0, 0.1) is 5.41 Å². The minimum Gasteiger partial charge on any atom is -0.497 e. The van der Waals surface area contributed by atoms with Crippen LogP contribution in [-0.4, -0.2) is 28.6 Å². The van der Waals surface area contributed by atoms with Crippen LogP contribution in [0.25, 0.3) is 0 Å². The van der Waals surface area contributed by atoms with Gasteiger partial charge in [0.15, 0.2) is 8.32 Å². The zero-order chi connectivity index (χ0) is 19.1. The maximum Gasteiger partial charge on any atom is 0.192 e. The molecule has 0 atom stereocenters. The van der Waals surface area contributed by atoms with Gasteiger partial charge in [0.05, 0.1) is 26.9 Å². The van der Waals surface area contributed by atoms with Crippen LogP contribution in [0.15, 0.2) is 36.4 Å². The van der Waals surface area contributed by atoms with E-state index in [9.17, 15) is 0 Å². The lowest BCUT2D eigenvalue weighted by Crippen LogP contribution is -2.40. The monoisotopic (exact) mass is 364 g/mol. The summed E-state index contributed by atoms with van der Waals surface area (Å²) in [5.41, 5.74) is 1.14. The number of benzene rings is 1. The van der Waals surface area contributed by atoms with E-state index in [1.807, 2.05) is 24.3 Å². The van der Waals surface area contributed by atoms with E-state index in [1.54, 1.807) is 7.11 Å².